The zero-order valence-corrected chi connectivity index (χ0v) is 17.4. The van der Waals surface area contributed by atoms with Crippen LogP contribution in [0.2, 0.25) is 0 Å². The fourth-order valence-electron chi connectivity index (χ4n) is 3.54. The number of carbonyl (C=O) groups is 2. The smallest absolute Gasteiger partial charge is 0.257 e. The molecular formula is C21H29N5O3. The van der Waals surface area contributed by atoms with Crippen LogP contribution >= 0.6 is 0 Å². The number of nitrogens with zero attached hydrogens (tertiary/aromatic N) is 4. The fourth-order valence-corrected chi connectivity index (χ4v) is 3.54. The lowest BCUT2D eigenvalue weighted by atomic mass is 10.1. The van der Waals surface area contributed by atoms with Crippen LogP contribution in [0.15, 0.2) is 30.5 Å². The van der Waals surface area contributed by atoms with E-state index in [4.69, 9.17) is 4.74 Å². The summed E-state index contributed by atoms with van der Waals surface area (Å²) in [4.78, 5) is 29.4. The maximum Gasteiger partial charge on any atom is 0.257 e. The van der Waals surface area contributed by atoms with E-state index in [0.717, 1.165) is 24.3 Å². The Hall–Kier alpha value is -2.87. The number of hydrogen-bond donors (Lipinski definition) is 1. The zero-order valence-electron chi connectivity index (χ0n) is 17.4. The van der Waals surface area contributed by atoms with Crippen LogP contribution in [0.1, 0.15) is 29.4 Å². The summed E-state index contributed by atoms with van der Waals surface area (Å²) < 4.78 is 7.29. The van der Waals surface area contributed by atoms with Gasteiger partial charge in [-0.1, -0.05) is 12.1 Å². The van der Waals surface area contributed by atoms with Gasteiger partial charge in [-0.25, -0.2) is 0 Å². The molecule has 29 heavy (non-hydrogen) atoms. The number of carbonyl (C=O) groups excluding carboxylic acids is 2. The van der Waals surface area contributed by atoms with E-state index in [2.05, 4.69) is 15.3 Å². The molecule has 8 nitrogen and oxygen atoms in total. The summed E-state index contributed by atoms with van der Waals surface area (Å²) in [7, 11) is 1.83. The van der Waals surface area contributed by atoms with Crippen molar-refractivity contribution >= 4 is 17.5 Å². The molecule has 2 aromatic rings. The Morgan fingerprint density at radius 1 is 1.17 bits per heavy atom. The average molecular weight is 399 g/mol. The Balaban J connectivity index is 1.57. The number of para-hydroxylation sites is 1. The van der Waals surface area contributed by atoms with E-state index in [1.54, 1.807) is 16.9 Å². The van der Waals surface area contributed by atoms with E-state index in [1.807, 2.05) is 44.0 Å². The summed E-state index contributed by atoms with van der Waals surface area (Å²) in [5, 5.41) is 7.16. The van der Waals surface area contributed by atoms with Crippen molar-refractivity contribution in [2.24, 2.45) is 7.05 Å². The molecule has 8 heteroatoms. The highest BCUT2D eigenvalue weighted by Gasteiger charge is 2.23. The average Bonchev–Trinajstić information content (AvgIpc) is 2.87. The Bertz CT molecular complexity index is 864. The van der Waals surface area contributed by atoms with Crippen molar-refractivity contribution in [3.05, 3.63) is 41.7 Å². The van der Waals surface area contributed by atoms with E-state index in [0.29, 0.717) is 44.1 Å². The summed E-state index contributed by atoms with van der Waals surface area (Å²) in [6.45, 7) is 7.26. The second-order valence-corrected chi connectivity index (χ2v) is 7.20. The molecule has 0 unspecified atom stereocenters. The van der Waals surface area contributed by atoms with Crippen LogP contribution < -0.4 is 10.1 Å². The molecule has 1 aliphatic rings. The Labute approximate surface area is 171 Å². The molecule has 1 N–H and O–H groups in total. The first kappa shape index (κ1) is 20.9. The van der Waals surface area contributed by atoms with Crippen molar-refractivity contribution in [3.63, 3.8) is 0 Å². The molecule has 0 saturated carbocycles. The number of hydrogen-bond acceptors (Lipinski definition) is 5. The summed E-state index contributed by atoms with van der Waals surface area (Å²) >= 11 is 0. The number of aromatic nitrogens is 2. The number of benzene rings is 1. The van der Waals surface area contributed by atoms with Gasteiger partial charge in [-0.2, -0.15) is 5.10 Å². The highest BCUT2D eigenvalue weighted by molar-refractivity contribution is 5.97. The SMILES string of the molecule is CCOc1ccccc1C(=O)N1CCCN(CC(=O)Nc2cn(C)nc2C)CC1. The minimum atomic E-state index is -0.0671. The molecular weight excluding hydrogens is 370 g/mol. The Kier molecular flexibility index (Phi) is 6.87. The molecule has 2 heterocycles. The molecule has 1 saturated heterocycles. The summed E-state index contributed by atoms with van der Waals surface area (Å²) in [6.07, 6.45) is 2.62. The first-order chi connectivity index (χ1) is 14.0. The molecule has 1 aliphatic heterocycles. The number of amides is 2. The van der Waals surface area contributed by atoms with E-state index in [9.17, 15) is 9.59 Å². The minimum Gasteiger partial charge on any atom is -0.493 e. The van der Waals surface area contributed by atoms with Crippen molar-refractivity contribution in [1.82, 2.24) is 19.6 Å². The van der Waals surface area contributed by atoms with E-state index >= 15 is 0 Å². The first-order valence-electron chi connectivity index (χ1n) is 10.0. The molecule has 0 spiro atoms. The van der Waals surface area contributed by atoms with Gasteiger partial charge in [0.05, 0.1) is 30.1 Å². The number of anilines is 1. The topological polar surface area (TPSA) is 79.7 Å². The van der Waals surface area contributed by atoms with Crippen LogP contribution in [0.3, 0.4) is 0 Å². The molecule has 1 aromatic carbocycles. The third kappa shape index (κ3) is 5.35. The quantitative estimate of drug-likeness (QED) is 0.803. The van der Waals surface area contributed by atoms with Crippen LogP contribution in [-0.2, 0) is 11.8 Å². The van der Waals surface area contributed by atoms with Crippen LogP contribution in [0.4, 0.5) is 5.69 Å². The van der Waals surface area contributed by atoms with Crippen LogP contribution in [0.5, 0.6) is 5.75 Å². The van der Waals surface area contributed by atoms with Crippen molar-refractivity contribution in [1.29, 1.82) is 0 Å². The van der Waals surface area contributed by atoms with Gasteiger partial charge in [-0.15, -0.1) is 0 Å². The third-order valence-electron chi connectivity index (χ3n) is 4.95. The highest BCUT2D eigenvalue weighted by Crippen LogP contribution is 2.21. The zero-order chi connectivity index (χ0) is 20.8. The molecule has 0 atom stereocenters. The van der Waals surface area contributed by atoms with Gasteiger partial charge in [0.15, 0.2) is 0 Å². The number of aryl methyl sites for hydroxylation is 2. The van der Waals surface area contributed by atoms with E-state index in [1.165, 1.54) is 0 Å². The van der Waals surface area contributed by atoms with Gasteiger partial charge in [0.1, 0.15) is 5.75 Å². The number of nitrogens with one attached hydrogen (secondary N) is 1. The Morgan fingerprint density at radius 2 is 1.97 bits per heavy atom. The predicted molar refractivity (Wildman–Crippen MR) is 111 cm³/mol. The van der Waals surface area contributed by atoms with Crippen molar-refractivity contribution < 1.29 is 14.3 Å². The molecule has 156 valence electrons. The molecule has 0 radical (unpaired) electrons. The maximum atomic E-state index is 13.0. The molecule has 0 bridgehead atoms. The van der Waals surface area contributed by atoms with Gasteiger partial charge in [0, 0.05) is 39.4 Å². The van der Waals surface area contributed by atoms with Crippen molar-refractivity contribution in [3.8, 4) is 5.75 Å². The van der Waals surface area contributed by atoms with Crippen molar-refractivity contribution in [2.45, 2.75) is 20.3 Å². The third-order valence-corrected chi connectivity index (χ3v) is 4.95. The molecule has 1 aromatic heterocycles. The summed E-state index contributed by atoms with van der Waals surface area (Å²) in [5.41, 5.74) is 2.12. The lowest BCUT2D eigenvalue weighted by molar-refractivity contribution is -0.117. The second-order valence-electron chi connectivity index (χ2n) is 7.20. The standard InChI is InChI=1S/C21H29N5O3/c1-4-29-19-9-6-5-8-17(19)21(28)26-11-7-10-25(12-13-26)15-20(27)22-18-14-24(3)23-16(18)2/h5-6,8-9,14H,4,7,10-13,15H2,1-3H3,(H,22,27). The first-order valence-corrected chi connectivity index (χ1v) is 10.0. The van der Waals surface area contributed by atoms with Gasteiger partial charge in [0.2, 0.25) is 5.91 Å². The minimum absolute atomic E-state index is 0.0219. The monoisotopic (exact) mass is 399 g/mol. The van der Waals surface area contributed by atoms with E-state index in [-0.39, 0.29) is 11.8 Å². The molecule has 1 fully saturated rings. The summed E-state index contributed by atoms with van der Waals surface area (Å²) in [5.74, 6) is 0.529. The Morgan fingerprint density at radius 3 is 2.69 bits per heavy atom. The van der Waals surface area contributed by atoms with Gasteiger partial charge >= 0.3 is 0 Å². The molecule has 2 amide bonds. The van der Waals surface area contributed by atoms with Gasteiger partial charge < -0.3 is 15.0 Å². The number of ether oxygens (including phenoxy) is 1. The van der Waals surface area contributed by atoms with E-state index < -0.39 is 0 Å². The number of rotatable bonds is 6. The van der Waals surface area contributed by atoms with Crippen LogP contribution in [0, 0.1) is 6.92 Å². The molecule has 3 rings (SSSR count). The van der Waals surface area contributed by atoms with Crippen molar-refractivity contribution in [2.75, 3.05) is 44.6 Å². The second kappa shape index (κ2) is 9.56. The maximum absolute atomic E-state index is 13.0. The van der Waals surface area contributed by atoms with Crippen LogP contribution in [0.25, 0.3) is 0 Å². The fraction of sp³-hybridized carbons (Fsp3) is 0.476. The molecule has 0 aliphatic carbocycles. The van der Waals surface area contributed by atoms with Gasteiger partial charge in [-0.3, -0.25) is 19.2 Å². The predicted octanol–water partition coefficient (Wildman–Crippen LogP) is 1.91. The van der Waals surface area contributed by atoms with Gasteiger partial charge in [0.25, 0.3) is 5.91 Å². The lowest BCUT2D eigenvalue weighted by Gasteiger charge is -2.22. The van der Waals surface area contributed by atoms with Crippen LogP contribution in [-0.4, -0.2) is 70.7 Å². The lowest BCUT2D eigenvalue weighted by Crippen LogP contribution is -2.38. The van der Waals surface area contributed by atoms with Gasteiger partial charge in [-0.05, 0) is 32.4 Å². The normalized spacial score (nSPS) is 15.1. The summed E-state index contributed by atoms with van der Waals surface area (Å²) in [6, 6.07) is 7.35. The largest absolute Gasteiger partial charge is 0.493 e. The highest BCUT2D eigenvalue weighted by atomic mass is 16.5.